The Labute approximate surface area is 147 Å². The predicted molar refractivity (Wildman–Crippen MR) is 95.1 cm³/mol. The number of ether oxygens (including phenoxy) is 1. The molecule has 5 heteroatoms. The number of carbonyl (C=O) groups excluding carboxylic acids is 2. The minimum atomic E-state index is -1.87. The van der Waals surface area contributed by atoms with Crippen LogP contribution in [0, 0.1) is 0 Å². The van der Waals surface area contributed by atoms with E-state index in [1.54, 1.807) is 54.6 Å². The van der Waals surface area contributed by atoms with Gasteiger partial charge in [-0.15, -0.1) is 0 Å². The van der Waals surface area contributed by atoms with Gasteiger partial charge in [0.2, 0.25) is 5.78 Å². The summed E-state index contributed by atoms with van der Waals surface area (Å²) in [4.78, 5) is 23.9. The van der Waals surface area contributed by atoms with Gasteiger partial charge in [0.25, 0.3) is 0 Å². The van der Waals surface area contributed by atoms with Gasteiger partial charge in [0.15, 0.2) is 5.72 Å². The molecule has 0 aromatic heterocycles. The molecule has 1 atom stereocenters. The maximum absolute atomic E-state index is 12.2. The van der Waals surface area contributed by atoms with Gasteiger partial charge in [0, 0.05) is 5.56 Å². The Bertz CT molecular complexity index is 683. The van der Waals surface area contributed by atoms with E-state index < -0.39 is 11.5 Å². The van der Waals surface area contributed by atoms with Crippen molar-refractivity contribution in [1.29, 1.82) is 0 Å². The topological polar surface area (TPSA) is 89.6 Å². The molecule has 5 nitrogen and oxygen atoms in total. The molecule has 132 valence electrons. The molecule has 0 aliphatic carbocycles. The van der Waals surface area contributed by atoms with Crippen molar-refractivity contribution in [2.45, 2.75) is 31.4 Å². The molecule has 0 fully saturated rings. The highest BCUT2D eigenvalue weighted by molar-refractivity contribution is 6.01. The molecule has 0 spiro atoms. The Balaban J connectivity index is 1.67. The van der Waals surface area contributed by atoms with Crippen LogP contribution in [-0.2, 0) is 4.74 Å². The summed E-state index contributed by atoms with van der Waals surface area (Å²) in [5, 5.41) is 10.2. The number of ketones is 1. The van der Waals surface area contributed by atoms with Crippen molar-refractivity contribution in [1.82, 2.24) is 0 Å². The highest BCUT2D eigenvalue weighted by Crippen LogP contribution is 2.16. The van der Waals surface area contributed by atoms with Crippen molar-refractivity contribution in [2.75, 3.05) is 6.61 Å². The maximum Gasteiger partial charge on any atom is 0.338 e. The molecule has 2 rings (SSSR count). The third-order valence-electron chi connectivity index (χ3n) is 3.87. The zero-order valence-corrected chi connectivity index (χ0v) is 14.1. The summed E-state index contributed by atoms with van der Waals surface area (Å²) in [6.45, 7) is 0.295. The molecular weight excluding hydrogens is 318 g/mol. The van der Waals surface area contributed by atoms with Gasteiger partial charge in [-0.2, -0.15) is 0 Å². The minimum Gasteiger partial charge on any atom is -0.462 e. The minimum absolute atomic E-state index is 0.160. The van der Waals surface area contributed by atoms with Gasteiger partial charge in [-0.1, -0.05) is 48.5 Å². The molecule has 0 bridgehead atoms. The van der Waals surface area contributed by atoms with Crippen LogP contribution in [0.1, 0.15) is 46.4 Å². The number of nitrogens with two attached hydrogens (primary N) is 1. The highest BCUT2D eigenvalue weighted by atomic mass is 16.5. The van der Waals surface area contributed by atoms with E-state index in [0.29, 0.717) is 37.0 Å². The van der Waals surface area contributed by atoms with E-state index in [2.05, 4.69) is 0 Å². The highest BCUT2D eigenvalue weighted by Gasteiger charge is 2.31. The fourth-order valence-corrected chi connectivity index (χ4v) is 2.45. The van der Waals surface area contributed by atoms with Crippen molar-refractivity contribution in [3.63, 3.8) is 0 Å². The van der Waals surface area contributed by atoms with Crippen LogP contribution in [0.3, 0.4) is 0 Å². The van der Waals surface area contributed by atoms with Gasteiger partial charge in [0.05, 0.1) is 12.2 Å². The first-order chi connectivity index (χ1) is 12.0. The molecule has 3 N–H and O–H groups in total. The standard InChI is InChI=1S/C20H23NO4/c21-20(24,18(22)16-10-4-1-5-11-16)14-8-3-9-15-25-19(23)17-12-6-2-7-13-17/h1-2,4-7,10-13,24H,3,8-9,14-15,21H2. The Morgan fingerprint density at radius 2 is 1.44 bits per heavy atom. The molecule has 0 saturated carbocycles. The first-order valence-corrected chi connectivity index (χ1v) is 8.34. The number of rotatable bonds is 9. The quantitative estimate of drug-likeness (QED) is 0.317. The summed E-state index contributed by atoms with van der Waals surface area (Å²) in [6.07, 6.45) is 2.07. The number of esters is 1. The molecule has 0 radical (unpaired) electrons. The second kappa shape index (κ2) is 9.11. The lowest BCUT2D eigenvalue weighted by Gasteiger charge is -2.21. The molecule has 0 aliphatic heterocycles. The number of unbranched alkanes of at least 4 members (excludes halogenated alkanes) is 2. The van der Waals surface area contributed by atoms with E-state index in [9.17, 15) is 14.7 Å². The van der Waals surface area contributed by atoms with Gasteiger partial charge in [-0.3, -0.25) is 10.5 Å². The SMILES string of the molecule is NC(O)(CCCCCOC(=O)c1ccccc1)C(=O)c1ccccc1. The zero-order chi connectivity index (χ0) is 18.1. The normalized spacial score (nSPS) is 13.0. The Morgan fingerprint density at radius 3 is 2.04 bits per heavy atom. The number of hydrogen-bond donors (Lipinski definition) is 2. The summed E-state index contributed by atoms with van der Waals surface area (Å²) in [7, 11) is 0. The number of aliphatic hydroxyl groups is 1. The van der Waals surface area contributed by atoms with Gasteiger partial charge in [-0.25, -0.2) is 4.79 Å². The van der Waals surface area contributed by atoms with E-state index in [4.69, 9.17) is 10.5 Å². The molecule has 2 aromatic rings. The number of Topliss-reactive ketones (excluding diaryl/α,β-unsaturated/α-hetero) is 1. The molecule has 0 heterocycles. The van der Waals surface area contributed by atoms with Crippen molar-refractivity contribution < 1.29 is 19.4 Å². The summed E-state index contributed by atoms with van der Waals surface area (Å²) >= 11 is 0. The summed E-state index contributed by atoms with van der Waals surface area (Å²) < 4.78 is 5.18. The average molecular weight is 341 g/mol. The van der Waals surface area contributed by atoms with Crippen LogP contribution in [0.2, 0.25) is 0 Å². The fraction of sp³-hybridized carbons (Fsp3) is 0.300. The van der Waals surface area contributed by atoms with Crippen LogP contribution in [0.4, 0.5) is 0 Å². The van der Waals surface area contributed by atoms with E-state index in [0.717, 1.165) is 0 Å². The Hall–Kier alpha value is -2.50. The predicted octanol–water partition coefficient (Wildman–Crippen LogP) is 2.93. The van der Waals surface area contributed by atoms with Crippen molar-refractivity contribution >= 4 is 11.8 Å². The van der Waals surface area contributed by atoms with E-state index in [1.807, 2.05) is 6.07 Å². The number of benzene rings is 2. The second-order valence-corrected chi connectivity index (χ2v) is 5.93. The van der Waals surface area contributed by atoms with Crippen LogP contribution < -0.4 is 5.73 Å². The van der Waals surface area contributed by atoms with E-state index in [-0.39, 0.29) is 12.4 Å². The smallest absolute Gasteiger partial charge is 0.338 e. The Morgan fingerprint density at radius 1 is 0.880 bits per heavy atom. The van der Waals surface area contributed by atoms with Crippen LogP contribution in [0.15, 0.2) is 60.7 Å². The van der Waals surface area contributed by atoms with E-state index in [1.165, 1.54) is 0 Å². The fourth-order valence-electron chi connectivity index (χ4n) is 2.45. The summed E-state index contributed by atoms with van der Waals surface area (Å²) in [6, 6.07) is 17.3. The number of carbonyl (C=O) groups is 2. The van der Waals surface area contributed by atoms with Crippen LogP contribution in [0.25, 0.3) is 0 Å². The van der Waals surface area contributed by atoms with Crippen molar-refractivity contribution in [2.24, 2.45) is 5.73 Å². The average Bonchev–Trinajstić information content (AvgIpc) is 2.65. The van der Waals surface area contributed by atoms with Crippen LogP contribution in [0.5, 0.6) is 0 Å². The van der Waals surface area contributed by atoms with Crippen LogP contribution >= 0.6 is 0 Å². The Kier molecular flexibility index (Phi) is 6.86. The first-order valence-electron chi connectivity index (χ1n) is 8.34. The second-order valence-electron chi connectivity index (χ2n) is 5.93. The van der Waals surface area contributed by atoms with Crippen LogP contribution in [-0.4, -0.2) is 29.2 Å². The third-order valence-corrected chi connectivity index (χ3v) is 3.87. The molecule has 0 aliphatic rings. The lowest BCUT2D eigenvalue weighted by atomic mass is 9.96. The van der Waals surface area contributed by atoms with Gasteiger partial charge < -0.3 is 9.84 Å². The van der Waals surface area contributed by atoms with Gasteiger partial charge in [-0.05, 0) is 37.8 Å². The summed E-state index contributed by atoms with van der Waals surface area (Å²) in [5.41, 5.74) is 4.79. The van der Waals surface area contributed by atoms with Crippen molar-refractivity contribution in [3.05, 3.63) is 71.8 Å². The molecule has 25 heavy (non-hydrogen) atoms. The maximum atomic E-state index is 12.2. The monoisotopic (exact) mass is 341 g/mol. The first kappa shape index (κ1) is 18.8. The molecule has 1 unspecified atom stereocenters. The lowest BCUT2D eigenvalue weighted by Crippen LogP contribution is -2.47. The van der Waals surface area contributed by atoms with E-state index >= 15 is 0 Å². The molecule has 0 saturated heterocycles. The lowest BCUT2D eigenvalue weighted by molar-refractivity contribution is 0.0287. The zero-order valence-electron chi connectivity index (χ0n) is 14.1. The van der Waals surface area contributed by atoms with Gasteiger partial charge in [0.1, 0.15) is 0 Å². The number of hydrogen-bond acceptors (Lipinski definition) is 5. The molecule has 0 amide bonds. The van der Waals surface area contributed by atoms with Gasteiger partial charge >= 0.3 is 5.97 Å². The summed E-state index contributed by atoms with van der Waals surface area (Å²) in [5.74, 6) is -0.834. The third kappa shape index (κ3) is 5.81. The van der Waals surface area contributed by atoms with Crippen molar-refractivity contribution in [3.8, 4) is 0 Å². The molecule has 2 aromatic carbocycles. The molecular formula is C20H23NO4. The largest absolute Gasteiger partial charge is 0.462 e.